The summed E-state index contributed by atoms with van der Waals surface area (Å²) >= 11 is 0. The third-order valence-corrected chi connectivity index (χ3v) is 3.89. The maximum atomic E-state index is 8.95. The zero-order chi connectivity index (χ0) is 14.4. The first-order chi connectivity index (χ1) is 9.74. The summed E-state index contributed by atoms with van der Waals surface area (Å²) in [5, 5.41) is 12.4. The van der Waals surface area contributed by atoms with Crippen LogP contribution < -0.4 is 10.2 Å². The minimum absolute atomic E-state index is 0.245. The molecule has 2 heterocycles. The molecule has 1 saturated heterocycles. The molecule has 0 saturated carbocycles. The molecular weight excluding hydrogens is 252 g/mol. The normalized spacial score (nSPS) is 18.2. The van der Waals surface area contributed by atoms with E-state index in [4.69, 9.17) is 5.11 Å². The van der Waals surface area contributed by atoms with Crippen LogP contribution >= 0.6 is 0 Å². The maximum Gasteiger partial charge on any atom is 0.128 e. The van der Waals surface area contributed by atoms with Gasteiger partial charge in [0.2, 0.25) is 0 Å². The van der Waals surface area contributed by atoms with Gasteiger partial charge in [0, 0.05) is 45.0 Å². The first-order valence-corrected chi connectivity index (χ1v) is 7.52. The molecule has 1 aromatic heterocycles. The van der Waals surface area contributed by atoms with Gasteiger partial charge in [-0.1, -0.05) is 13.0 Å². The summed E-state index contributed by atoms with van der Waals surface area (Å²) in [5.41, 5.74) is 1.23. The van der Waals surface area contributed by atoms with E-state index in [-0.39, 0.29) is 6.61 Å². The lowest BCUT2D eigenvalue weighted by Gasteiger charge is -2.35. The van der Waals surface area contributed by atoms with E-state index in [1.165, 1.54) is 5.56 Å². The summed E-state index contributed by atoms with van der Waals surface area (Å²) in [6.45, 7) is 10.2. The number of aromatic nitrogens is 1. The highest BCUT2D eigenvalue weighted by atomic mass is 16.3. The fourth-order valence-corrected chi connectivity index (χ4v) is 2.61. The molecule has 0 bridgehead atoms. The minimum atomic E-state index is 0.245. The molecule has 2 rings (SSSR count). The average molecular weight is 278 g/mol. The molecule has 1 aromatic rings. The number of β-amino-alcohol motifs (C(OH)–C–C–N with tert-alkyl or cyclic N) is 1. The van der Waals surface area contributed by atoms with Crippen LogP contribution in [0, 0.1) is 0 Å². The lowest BCUT2D eigenvalue weighted by molar-refractivity contribution is 0.188. The molecule has 0 radical (unpaired) electrons. The summed E-state index contributed by atoms with van der Waals surface area (Å²) in [6, 6.07) is 4.63. The van der Waals surface area contributed by atoms with Crippen LogP contribution in [-0.4, -0.2) is 60.9 Å². The minimum Gasteiger partial charge on any atom is -0.395 e. The molecule has 0 amide bonds. The predicted octanol–water partition coefficient (Wildman–Crippen LogP) is 0.866. The number of anilines is 1. The van der Waals surface area contributed by atoms with Crippen molar-refractivity contribution in [1.29, 1.82) is 0 Å². The molecule has 1 aliphatic heterocycles. The predicted molar refractivity (Wildman–Crippen MR) is 82.1 cm³/mol. The van der Waals surface area contributed by atoms with E-state index in [1.54, 1.807) is 0 Å². The summed E-state index contributed by atoms with van der Waals surface area (Å²) in [5.74, 6) is 1.06. The van der Waals surface area contributed by atoms with Crippen LogP contribution in [-0.2, 0) is 0 Å². The standard InChI is InChI=1S/C15H26N4O/c1-3-16-13(2)14-4-5-15(17-12-14)19-8-6-18(7-9-19)10-11-20/h4-5,12-13,16,20H,3,6-11H2,1-2H3. The Bertz CT molecular complexity index is 387. The van der Waals surface area contributed by atoms with E-state index in [2.05, 4.69) is 46.1 Å². The Balaban J connectivity index is 1.91. The highest BCUT2D eigenvalue weighted by Crippen LogP contribution is 2.17. The molecule has 0 aliphatic carbocycles. The molecule has 2 N–H and O–H groups in total. The number of aliphatic hydroxyl groups is 1. The molecule has 0 aromatic carbocycles. The van der Waals surface area contributed by atoms with Crippen molar-refractivity contribution in [1.82, 2.24) is 15.2 Å². The van der Waals surface area contributed by atoms with Crippen LogP contribution in [0.5, 0.6) is 0 Å². The number of rotatable bonds is 6. The Morgan fingerprint density at radius 2 is 2.05 bits per heavy atom. The van der Waals surface area contributed by atoms with E-state index in [0.29, 0.717) is 6.04 Å². The number of pyridine rings is 1. The highest BCUT2D eigenvalue weighted by molar-refractivity contribution is 5.40. The summed E-state index contributed by atoms with van der Waals surface area (Å²) in [6.07, 6.45) is 1.97. The molecule has 1 aliphatic rings. The van der Waals surface area contributed by atoms with Crippen molar-refractivity contribution in [3.8, 4) is 0 Å². The van der Waals surface area contributed by atoms with Crippen LogP contribution in [0.3, 0.4) is 0 Å². The molecule has 1 atom stereocenters. The Kier molecular flexibility index (Phi) is 5.76. The number of hydrogen-bond acceptors (Lipinski definition) is 5. The van der Waals surface area contributed by atoms with Gasteiger partial charge in [-0.25, -0.2) is 4.98 Å². The molecule has 5 nitrogen and oxygen atoms in total. The smallest absolute Gasteiger partial charge is 0.128 e. The summed E-state index contributed by atoms with van der Waals surface area (Å²) < 4.78 is 0. The zero-order valence-corrected chi connectivity index (χ0v) is 12.5. The molecule has 5 heteroatoms. The fourth-order valence-electron chi connectivity index (χ4n) is 2.61. The second-order valence-corrected chi connectivity index (χ2v) is 5.28. The highest BCUT2D eigenvalue weighted by Gasteiger charge is 2.17. The quantitative estimate of drug-likeness (QED) is 0.808. The lowest BCUT2D eigenvalue weighted by atomic mass is 10.1. The number of hydrogen-bond donors (Lipinski definition) is 2. The van der Waals surface area contributed by atoms with E-state index < -0.39 is 0 Å². The Hall–Kier alpha value is -1.17. The van der Waals surface area contributed by atoms with Gasteiger partial charge in [0.25, 0.3) is 0 Å². The molecule has 1 unspecified atom stereocenters. The van der Waals surface area contributed by atoms with E-state index in [0.717, 1.165) is 45.1 Å². The Morgan fingerprint density at radius 3 is 2.60 bits per heavy atom. The maximum absolute atomic E-state index is 8.95. The largest absolute Gasteiger partial charge is 0.395 e. The van der Waals surface area contributed by atoms with E-state index in [9.17, 15) is 0 Å². The van der Waals surface area contributed by atoms with Gasteiger partial charge in [-0.3, -0.25) is 4.90 Å². The lowest BCUT2D eigenvalue weighted by Crippen LogP contribution is -2.47. The van der Waals surface area contributed by atoms with Crippen molar-refractivity contribution in [3.05, 3.63) is 23.9 Å². The average Bonchev–Trinajstić information content (AvgIpc) is 2.49. The molecule has 0 spiro atoms. The van der Waals surface area contributed by atoms with Crippen molar-refractivity contribution in [3.63, 3.8) is 0 Å². The SMILES string of the molecule is CCNC(C)c1ccc(N2CCN(CCO)CC2)nc1. The zero-order valence-electron chi connectivity index (χ0n) is 12.5. The Labute approximate surface area is 121 Å². The van der Waals surface area contributed by atoms with Crippen molar-refractivity contribution < 1.29 is 5.11 Å². The third-order valence-electron chi connectivity index (χ3n) is 3.89. The third kappa shape index (κ3) is 3.91. The number of nitrogens with one attached hydrogen (secondary N) is 1. The van der Waals surface area contributed by atoms with Gasteiger partial charge in [-0.15, -0.1) is 0 Å². The van der Waals surface area contributed by atoms with Crippen LogP contribution in [0.25, 0.3) is 0 Å². The van der Waals surface area contributed by atoms with Gasteiger partial charge in [0.1, 0.15) is 5.82 Å². The summed E-state index contributed by atoms with van der Waals surface area (Å²) in [7, 11) is 0. The van der Waals surface area contributed by atoms with Crippen molar-refractivity contribution in [2.24, 2.45) is 0 Å². The van der Waals surface area contributed by atoms with Gasteiger partial charge < -0.3 is 15.3 Å². The first-order valence-electron chi connectivity index (χ1n) is 7.52. The molecule has 1 fully saturated rings. The van der Waals surface area contributed by atoms with E-state index >= 15 is 0 Å². The number of aliphatic hydroxyl groups excluding tert-OH is 1. The monoisotopic (exact) mass is 278 g/mol. The Morgan fingerprint density at radius 1 is 1.30 bits per heavy atom. The van der Waals surface area contributed by atoms with Gasteiger partial charge in [0.15, 0.2) is 0 Å². The second-order valence-electron chi connectivity index (χ2n) is 5.28. The molecular formula is C15H26N4O. The first kappa shape index (κ1) is 15.2. The number of piperazine rings is 1. The van der Waals surface area contributed by atoms with Crippen molar-refractivity contribution in [2.75, 3.05) is 50.8 Å². The number of nitrogens with zero attached hydrogens (tertiary/aromatic N) is 3. The van der Waals surface area contributed by atoms with Crippen LogP contribution in [0.4, 0.5) is 5.82 Å². The summed E-state index contributed by atoms with van der Waals surface area (Å²) in [4.78, 5) is 9.20. The fraction of sp³-hybridized carbons (Fsp3) is 0.667. The van der Waals surface area contributed by atoms with Crippen LogP contribution in [0.2, 0.25) is 0 Å². The van der Waals surface area contributed by atoms with Crippen LogP contribution in [0.15, 0.2) is 18.3 Å². The van der Waals surface area contributed by atoms with E-state index in [1.807, 2.05) is 6.20 Å². The second kappa shape index (κ2) is 7.57. The van der Waals surface area contributed by atoms with Gasteiger partial charge in [-0.05, 0) is 25.1 Å². The van der Waals surface area contributed by atoms with Gasteiger partial charge in [0.05, 0.1) is 6.61 Å². The van der Waals surface area contributed by atoms with Gasteiger partial charge >= 0.3 is 0 Å². The van der Waals surface area contributed by atoms with Crippen molar-refractivity contribution >= 4 is 5.82 Å². The van der Waals surface area contributed by atoms with Crippen molar-refractivity contribution in [2.45, 2.75) is 19.9 Å². The van der Waals surface area contributed by atoms with Gasteiger partial charge in [-0.2, -0.15) is 0 Å². The topological polar surface area (TPSA) is 51.6 Å². The van der Waals surface area contributed by atoms with Crippen LogP contribution in [0.1, 0.15) is 25.5 Å². The molecule has 112 valence electrons. The molecule has 20 heavy (non-hydrogen) atoms.